The molecule has 1 heterocycles. The SMILES string of the molecule is CCCCOC(=O)n1ccc2cc(C)c(Cl)cc21. The van der Waals surface area contributed by atoms with Gasteiger partial charge in [0.05, 0.1) is 12.1 Å². The normalized spacial score (nSPS) is 10.8. The van der Waals surface area contributed by atoms with Crippen molar-refractivity contribution >= 4 is 28.6 Å². The summed E-state index contributed by atoms with van der Waals surface area (Å²) in [4.78, 5) is 11.9. The molecule has 1 aromatic carbocycles. The van der Waals surface area contributed by atoms with Crippen LogP contribution >= 0.6 is 11.6 Å². The third kappa shape index (κ3) is 2.51. The molecular weight excluding hydrogens is 250 g/mol. The Balaban J connectivity index is 2.28. The molecule has 0 N–H and O–H groups in total. The van der Waals surface area contributed by atoms with Gasteiger partial charge in [-0.05, 0) is 37.1 Å². The van der Waals surface area contributed by atoms with Gasteiger partial charge in [0.2, 0.25) is 0 Å². The van der Waals surface area contributed by atoms with E-state index in [1.54, 1.807) is 12.3 Å². The number of carbonyl (C=O) groups excluding carboxylic acids is 1. The lowest BCUT2D eigenvalue weighted by atomic mass is 10.2. The molecule has 0 aliphatic rings. The molecule has 0 unspecified atom stereocenters. The summed E-state index contributed by atoms with van der Waals surface area (Å²) in [7, 11) is 0. The Kier molecular flexibility index (Phi) is 3.92. The number of rotatable bonds is 3. The maximum absolute atomic E-state index is 11.9. The number of unbranched alkanes of at least 4 members (excludes halogenated alkanes) is 1. The van der Waals surface area contributed by atoms with Gasteiger partial charge in [-0.2, -0.15) is 0 Å². The van der Waals surface area contributed by atoms with Crippen molar-refractivity contribution in [3.8, 4) is 0 Å². The molecule has 0 radical (unpaired) electrons. The summed E-state index contributed by atoms with van der Waals surface area (Å²) in [5, 5.41) is 1.65. The Labute approximate surface area is 111 Å². The molecular formula is C14H16ClNO2. The van der Waals surface area contributed by atoms with Crippen LogP contribution in [0.2, 0.25) is 5.02 Å². The first kappa shape index (κ1) is 13.0. The highest BCUT2D eigenvalue weighted by atomic mass is 35.5. The van der Waals surface area contributed by atoms with E-state index in [0.717, 1.165) is 29.3 Å². The molecule has 2 aromatic rings. The molecule has 0 bridgehead atoms. The lowest BCUT2D eigenvalue weighted by molar-refractivity contribution is 0.147. The van der Waals surface area contributed by atoms with Crippen molar-refractivity contribution in [2.45, 2.75) is 26.7 Å². The second-order valence-corrected chi connectivity index (χ2v) is 4.72. The largest absolute Gasteiger partial charge is 0.449 e. The van der Waals surface area contributed by atoms with Crippen molar-refractivity contribution in [1.82, 2.24) is 4.57 Å². The third-order valence-electron chi connectivity index (χ3n) is 2.89. The van der Waals surface area contributed by atoms with Crippen molar-refractivity contribution in [3.63, 3.8) is 0 Å². The second-order valence-electron chi connectivity index (χ2n) is 4.31. The summed E-state index contributed by atoms with van der Waals surface area (Å²) in [6.45, 7) is 4.45. The smallest absolute Gasteiger partial charge is 0.418 e. The number of hydrogen-bond donors (Lipinski definition) is 0. The van der Waals surface area contributed by atoms with Crippen LogP contribution < -0.4 is 0 Å². The minimum Gasteiger partial charge on any atom is -0.449 e. The zero-order valence-corrected chi connectivity index (χ0v) is 11.3. The fraction of sp³-hybridized carbons (Fsp3) is 0.357. The third-order valence-corrected chi connectivity index (χ3v) is 3.30. The van der Waals surface area contributed by atoms with Crippen LogP contribution in [0.3, 0.4) is 0 Å². The molecule has 0 saturated carbocycles. The maximum atomic E-state index is 11.9. The first-order valence-corrected chi connectivity index (χ1v) is 6.45. The summed E-state index contributed by atoms with van der Waals surface area (Å²) in [6, 6.07) is 5.65. The lowest BCUT2D eigenvalue weighted by Crippen LogP contribution is -2.13. The summed E-state index contributed by atoms with van der Waals surface area (Å²) in [5.74, 6) is 0. The first-order valence-electron chi connectivity index (χ1n) is 6.08. The number of aryl methyl sites for hydroxylation is 1. The van der Waals surface area contributed by atoms with Crippen LogP contribution in [-0.4, -0.2) is 17.3 Å². The highest BCUT2D eigenvalue weighted by Gasteiger charge is 2.11. The zero-order chi connectivity index (χ0) is 13.1. The summed E-state index contributed by atoms with van der Waals surface area (Å²) in [6.07, 6.45) is 3.25. The van der Waals surface area contributed by atoms with Crippen molar-refractivity contribution in [3.05, 3.63) is 35.0 Å². The van der Waals surface area contributed by atoms with Gasteiger partial charge in [0, 0.05) is 16.6 Å². The van der Waals surface area contributed by atoms with Gasteiger partial charge in [0.1, 0.15) is 0 Å². The fourth-order valence-corrected chi connectivity index (χ4v) is 1.96. The van der Waals surface area contributed by atoms with E-state index in [-0.39, 0.29) is 6.09 Å². The Morgan fingerprint density at radius 1 is 1.44 bits per heavy atom. The van der Waals surface area contributed by atoms with Crippen molar-refractivity contribution in [2.24, 2.45) is 0 Å². The molecule has 3 nitrogen and oxygen atoms in total. The van der Waals surface area contributed by atoms with Crippen molar-refractivity contribution in [1.29, 1.82) is 0 Å². The number of nitrogens with zero attached hydrogens (tertiary/aromatic N) is 1. The molecule has 4 heteroatoms. The van der Waals surface area contributed by atoms with Crippen LogP contribution in [0.4, 0.5) is 4.79 Å². The van der Waals surface area contributed by atoms with E-state index >= 15 is 0 Å². The standard InChI is InChI=1S/C14H16ClNO2/c1-3-4-7-18-14(17)16-6-5-11-8-10(2)12(15)9-13(11)16/h5-6,8-9H,3-4,7H2,1-2H3. The number of fused-ring (bicyclic) bond motifs is 1. The van der Waals surface area contributed by atoms with Crippen LogP contribution in [0.15, 0.2) is 24.4 Å². The number of halogens is 1. The molecule has 2 rings (SSSR count). The number of ether oxygens (including phenoxy) is 1. The molecule has 96 valence electrons. The molecule has 0 fully saturated rings. The summed E-state index contributed by atoms with van der Waals surface area (Å²) < 4.78 is 6.68. The maximum Gasteiger partial charge on any atom is 0.418 e. The van der Waals surface area contributed by atoms with Crippen LogP contribution in [0.1, 0.15) is 25.3 Å². The minimum atomic E-state index is -0.349. The van der Waals surface area contributed by atoms with E-state index in [1.807, 2.05) is 19.1 Å². The van der Waals surface area contributed by atoms with Crippen LogP contribution in [-0.2, 0) is 4.74 Å². The Morgan fingerprint density at radius 2 is 2.22 bits per heavy atom. The van der Waals surface area contributed by atoms with Crippen LogP contribution in [0, 0.1) is 6.92 Å². The lowest BCUT2D eigenvalue weighted by Gasteiger charge is -2.06. The summed E-state index contributed by atoms with van der Waals surface area (Å²) in [5.41, 5.74) is 1.79. The monoisotopic (exact) mass is 265 g/mol. The Bertz CT molecular complexity index is 574. The molecule has 0 saturated heterocycles. The number of hydrogen-bond acceptors (Lipinski definition) is 2. The van der Waals surface area contributed by atoms with E-state index in [4.69, 9.17) is 16.3 Å². The number of carbonyl (C=O) groups is 1. The van der Waals surface area contributed by atoms with Gasteiger partial charge < -0.3 is 4.74 Å². The van der Waals surface area contributed by atoms with Gasteiger partial charge in [0.25, 0.3) is 0 Å². The first-order chi connectivity index (χ1) is 8.63. The van der Waals surface area contributed by atoms with E-state index in [2.05, 4.69) is 6.92 Å². The molecule has 0 aliphatic heterocycles. The minimum absolute atomic E-state index is 0.349. The molecule has 0 aliphatic carbocycles. The molecule has 0 spiro atoms. The zero-order valence-electron chi connectivity index (χ0n) is 10.6. The van der Waals surface area contributed by atoms with Crippen LogP contribution in [0.25, 0.3) is 10.9 Å². The Morgan fingerprint density at radius 3 is 2.94 bits per heavy atom. The summed E-state index contributed by atoms with van der Waals surface area (Å²) >= 11 is 6.08. The van der Waals surface area contributed by atoms with Gasteiger partial charge in [-0.15, -0.1) is 0 Å². The van der Waals surface area contributed by atoms with Gasteiger partial charge >= 0.3 is 6.09 Å². The van der Waals surface area contributed by atoms with Crippen LogP contribution in [0.5, 0.6) is 0 Å². The van der Waals surface area contributed by atoms with Gasteiger partial charge in [-0.3, -0.25) is 4.57 Å². The van der Waals surface area contributed by atoms with Gasteiger partial charge in [-0.1, -0.05) is 24.9 Å². The van der Waals surface area contributed by atoms with E-state index in [1.165, 1.54) is 4.57 Å². The number of benzene rings is 1. The second kappa shape index (κ2) is 5.44. The average molecular weight is 266 g/mol. The van der Waals surface area contributed by atoms with E-state index < -0.39 is 0 Å². The average Bonchev–Trinajstić information content (AvgIpc) is 2.73. The molecule has 18 heavy (non-hydrogen) atoms. The van der Waals surface area contributed by atoms with Crippen molar-refractivity contribution < 1.29 is 9.53 Å². The van der Waals surface area contributed by atoms with Gasteiger partial charge in [0.15, 0.2) is 0 Å². The highest BCUT2D eigenvalue weighted by molar-refractivity contribution is 6.32. The topological polar surface area (TPSA) is 31.2 Å². The number of aromatic nitrogens is 1. The highest BCUT2D eigenvalue weighted by Crippen LogP contribution is 2.24. The van der Waals surface area contributed by atoms with E-state index in [0.29, 0.717) is 11.6 Å². The predicted molar refractivity (Wildman–Crippen MR) is 73.3 cm³/mol. The fourth-order valence-electron chi connectivity index (χ4n) is 1.80. The van der Waals surface area contributed by atoms with Gasteiger partial charge in [-0.25, -0.2) is 4.79 Å². The predicted octanol–water partition coefficient (Wildman–Crippen LogP) is 4.39. The Hall–Kier alpha value is -1.48. The molecule has 0 atom stereocenters. The van der Waals surface area contributed by atoms with E-state index in [9.17, 15) is 4.79 Å². The molecule has 1 aromatic heterocycles. The van der Waals surface area contributed by atoms with Crippen molar-refractivity contribution in [2.75, 3.05) is 6.61 Å². The molecule has 0 amide bonds. The quantitative estimate of drug-likeness (QED) is 0.771.